The van der Waals surface area contributed by atoms with Gasteiger partial charge in [0.15, 0.2) is 0 Å². The van der Waals surface area contributed by atoms with Crippen molar-refractivity contribution in [1.29, 1.82) is 0 Å². The van der Waals surface area contributed by atoms with Crippen molar-refractivity contribution in [1.82, 2.24) is 9.80 Å². The van der Waals surface area contributed by atoms with E-state index in [0.717, 1.165) is 6.54 Å². The van der Waals surface area contributed by atoms with Crippen molar-refractivity contribution >= 4 is 0 Å². The number of likely N-dealkylation sites (tertiary alicyclic amines) is 1. The molecule has 2 N–H and O–H groups in total. The molecular formula is C18H31N3. The second-order valence-electron chi connectivity index (χ2n) is 6.78. The first-order chi connectivity index (χ1) is 9.93. The first-order valence-corrected chi connectivity index (χ1v) is 8.12. The molecule has 0 spiro atoms. The molecule has 2 unspecified atom stereocenters. The van der Waals surface area contributed by atoms with Crippen LogP contribution in [0.25, 0.3) is 0 Å². The first kappa shape index (κ1) is 16.5. The molecule has 0 radical (unpaired) electrons. The molecule has 3 nitrogen and oxygen atoms in total. The summed E-state index contributed by atoms with van der Waals surface area (Å²) < 4.78 is 0. The van der Waals surface area contributed by atoms with Crippen LogP contribution in [0.3, 0.4) is 0 Å². The minimum absolute atomic E-state index is 0.319. The largest absolute Gasteiger partial charge is 0.329 e. The number of likely N-dealkylation sites (N-methyl/N-ethyl adjacent to an activating group) is 2. The summed E-state index contributed by atoms with van der Waals surface area (Å²) in [5, 5.41) is 0. The highest BCUT2D eigenvalue weighted by Crippen LogP contribution is 2.28. The molecular weight excluding hydrogens is 258 g/mol. The lowest BCUT2D eigenvalue weighted by Gasteiger charge is -2.33. The van der Waals surface area contributed by atoms with Gasteiger partial charge in [-0.05, 0) is 70.9 Å². The number of nitrogens with two attached hydrogens (primary N) is 1. The molecule has 1 saturated heterocycles. The van der Waals surface area contributed by atoms with Crippen LogP contribution in [0.15, 0.2) is 12.1 Å². The summed E-state index contributed by atoms with van der Waals surface area (Å²) >= 11 is 0. The summed E-state index contributed by atoms with van der Waals surface area (Å²) in [5.41, 5.74) is 11.6. The Morgan fingerprint density at radius 3 is 2.38 bits per heavy atom. The Hall–Kier alpha value is -0.900. The van der Waals surface area contributed by atoms with Crippen LogP contribution in [0, 0.1) is 20.8 Å². The zero-order valence-electron chi connectivity index (χ0n) is 14.3. The predicted octanol–water partition coefficient (Wildman–Crippen LogP) is 2.64. The number of hydrogen-bond donors (Lipinski definition) is 1. The van der Waals surface area contributed by atoms with Gasteiger partial charge in [0.2, 0.25) is 0 Å². The molecule has 0 bridgehead atoms. The van der Waals surface area contributed by atoms with E-state index in [9.17, 15) is 0 Å². The van der Waals surface area contributed by atoms with E-state index in [1.807, 2.05) is 0 Å². The molecule has 2 atom stereocenters. The molecule has 1 heterocycles. The number of nitrogens with zero attached hydrogens (tertiary/aromatic N) is 2. The van der Waals surface area contributed by atoms with Crippen molar-refractivity contribution in [2.24, 2.45) is 5.73 Å². The van der Waals surface area contributed by atoms with E-state index in [-0.39, 0.29) is 0 Å². The van der Waals surface area contributed by atoms with Gasteiger partial charge in [-0.3, -0.25) is 4.90 Å². The van der Waals surface area contributed by atoms with Gasteiger partial charge >= 0.3 is 0 Å². The van der Waals surface area contributed by atoms with Crippen LogP contribution >= 0.6 is 0 Å². The van der Waals surface area contributed by atoms with E-state index >= 15 is 0 Å². The zero-order chi connectivity index (χ0) is 15.6. The molecule has 2 rings (SSSR count). The number of rotatable bonds is 5. The molecule has 1 aliphatic rings. The normalized spacial score (nSPS) is 21.2. The fourth-order valence-electron chi connectivity index (χ4n) is 3.90. The van der Waals surface area contributed by atoms with Crippen LogP contribution in [0.2, 0.25) is 0 Å². The van der Waals surface area contributed by atoms with E-state index in [1.165, 1.54) is 41.6 Å². The van der Waals surface area contributed by atoms with E-state index in [0.29, 0.717) is 18.6 Å². The van der Waals surface area contributed by atoms with E-state index in [1.54, 1.807) is 0 Å². The summed E-state index contributed by atoms with van der Waals surface area (Å²) in [5.74, 6) is 0. The average molecular weight is 289 g/mol. The van der Waals surface area contributed by atoms with Crippen molar-refractivity contribution in [2.45, 2.75) is 45.7 Å². The third kappa shape index (κ3) is 3.65. The molecule has 118 valence electrons. The van der Waals surface area contributed by atoms with Gasteiger partial charge < -0.3 is 10.6 Å². The van der Waals surface area contributed by atoms with Gasteiger partial charge in [0, 0.05) is 25.2 Å². The molecule has 0 aliphatic carbocycles. The molecule has 1 aromatic rings. The fourth-order valence-corrected chi connectivity index (χ4v) is 3.90. The second kappa shape index (κ2) is 6.91. The third-order valence-electron chi connectivity index (χ3n) is 5.00. The van der Waals surface area contributed by atoms with Crippen LogP contribution in [0.5, 0.6) is 0 Å². The molecule has 1 fully saturated rings. The Morgan fingerprint density at radius 1 is 1.29 bits per heavy atom. The molecule has 0 saturated carbocycles. The van der Waals surface area contributed by atoms with E-state index < -0.39 is 0 Å². The molecule has 21 heavy (non-hydrogen) atoms. The maximum Gasteiger partial charge on any atom is 0.0473 e. The summed E-state index contributed by atoms with van der Waals surface area (Å²) in [4.78, 5) is 4.94. The quantitative estimate of drug-likeness (QED) is 0.904. The number of aryl methyl sites for hydroxylation is 3. The standard InChI is InChI=1S/C18H31N3/c1-13-9-14(2)18(15(3)10-13)17(11-19)21(5)12-16-7-6-8-20(16)4/h9-10,16-17H,6-8,11-12,19H2,1-5H3. The monoisotopic (exact) mass is 289 g/mol. The van der Waals surface area contributed by atoms with Crippen molar-refractivity contribution < 1.29 is 0 Å². The van der Waals surface area contributed by atoms with Crippen LogP contribution < -0.4 is 5.73 Å². The predicted molar refractivity (Wildman–Crippen MR) is 90.7 cm³/mol. The topological polar surface area (TPSA) is 32.5 Å². The van der Waals surface area contributed by atoms with Gasteiger partial charge in [0.05, 0.1) is 0 Å². The van der Waals surface area contributed by atoms with Crippen molar-refractivity contribution in [3.05, 3.63) is 34.4 Å². The van der Waals surface area contributed by atoms with Crippen LogP contribution in [-0.2, 0) is 0 Å². The lowest BCUT2D eigenvalue weighted by atomic mass is 9.93. The number of hydrogen-bond acceptors (Lipinski definition) is 3. The Bertz CT molecular complexity index is 460. The SMILES string of the molecule is Cc1cc(C)c(C(CN)N(C)CC2CCCN2C)c(C)c1. The Morgan fingerprint density at radius 2 is 1.90 bits per heavy atom. The first-order valence-electron chi connectivity index (χ1n) is 8.12. The minimum Gasteiger partial charge on any atom is -0.329 e. The molecule has 3 heteroatoms. The van der Waals surface area contributed by atoms with Gasteiger partial charge in [-0.25, -0.2) is 0 Å². The lowest BCUT2D eigenvalue weighted by Crippen LogP contribution is -2.40. The molecule has 0 aromatic heterocycles. The average Bonchev–Trinajstić information content (AvgIpc) is 2.79. The second-order valence-corrected chi connectivity index (χ2v) is 6.78. The molecule has 1 aromatic carbocycles. The van der Waals surface area contributed by atoms with Crippen molar-refractivity contribution in [3.8, 4) is 0 Å². The summed E-state index contributed by atoms with van der Waals surface area (Å²) in [6, 6.07) is 5.55. The Balaban J connectivity index is 2.19. The summed E-state index contributed by atoms with van der Waals surface area (Å²) in [6.45, 7) is 9.61. The molecule has 1 aliphatic heterocycles. The van der Waals surface area contributed by atoms with Crippen LogP contribution in [0.1, 0.15) is 41.1 Å². The summed E-state index contributed by atoms with van der Waals surface area (Å²) in [6.07, 6.45) is 2.63. The maximum absolute atomic E-state index is 6.14. The van der Waals surface area contributed by atoms with Crippen molar-refractivity contribution in [2.75, 3.05) is 33.7 Å². The van der Waals surface area contributed by atoms with E-state index in [2.05, 4.69) is 56.8 Å². The van der Waals surface area contributed by atoms with Gasteiger partial charge in [0.1, 0.15) is 0 Å². The van der Waals surface area contributed by atoms with Gasteiger partial charge in [-0.1, -0.05) is 17.7 Å². The lowest BCUT2D eigenvalue weighted by molar-refractivity contribution is 0.179. The minimum atomic E-state index is 0.319. The van der Waals surface area contributed by atoms with E-state index in [4.69, 9.17) is 5.73 Å². The zero-order valence-corrected chi connectivity index (χ0v) is 14.3. The van der Waals surface area contributed by atoms with Gasteiger partial charge in [-0.15, -0.1) is 0 Å². The highest BCUT2D eigenvalue weighted by atomic mass is 15.2. The van der Waals surface area contributed by atoms with Gasteiger partial charge in [-0.2, -0.15) is 0 Å². The number of benzene rings is 1. The Kier molecular flexibility index (Phi) is 5.42. The highest BCUT2D eigenvalue weighted by molar-refractivity contribution is 5.39. The molecule has 0 amide bonds. The third-order valence-corrected chi connectivity index (χ3v) is 5.00. The van der Waals surface area contributed by atoms with Crippen LogP contribution in [-0.4, -0.2) is 49.6 Å². The van der Waals surface area contributed by atoms with Crippen molar-refractivity contribution in [3.63, 3.8) is 0 Å². The smallest absolute Gasteiger partial charge is 0.0473 e. The van der Waals surface area contributed by atoms with Gasteiger partial charge in [0.25, 0.3) is 0 Å². The van der Waals surface area contributed by atoms with Crippen LogP contribution in [0.4, 0.5) is 0 Å². The summed E-state index contributed by atoms with van der Waals surface area (Å²) in [7, 11) is 4.47. The Labute approximate surface area is 130 Å². The highest BCUT2D eigenvalue weighted by Gasteiger charge is 2.26. The maximum atomic E-state index is 6.14. The fraction of sp³-hybridized carbons (Fsp3) is 0.667.